The van der Waals surface area contributed by atoms with Crippen molar-refractivity contribution in [1.29, 1.82) is 0 Å². The van der Waals surface area contributed by atoms with Crippen LogP contribution >= 0.6 is 0 Å². The predicted octanol–water partition coefficient (Wildman–Crippen LogP) is 1.57. The number of benzene rings is 1. The maximum absolute atomic E-state index is 12.7. The van der Waals surface area contributed by atoms with Gasteiger partial charge in [-0.2, -0.15) is 13.2 Å². The van der Waals surface area contributed by atoms with Gasteiger partial charge >= 0.3 is 11.9 Å². The third-order valence-electron chi connectivity index (χ3n) is 3.03. The standard InChI is InChI=1S/C13H11F3N2O3/c1-7-5-8(19)3-4-9(7)18-11(20)6-10(13(14,15)16)17(2)12(18)21/h3-6,19H,1-2H3. The highest BCUT2D eigenvalue weighted by Crippen LogP contribution is 2.27. The van der Waals surface area contributed by atoms with Crippen molar-refractivity contribution in [2.24, 2.45) is 7.05 Å². The number of aromatic nitrogens is 2. The number of halogens is 3. The van der Waals surface area contributed by atoms with Gasteiger partial charge in [-0.1, -0.05) is 0 Å². The van der Waals surface area contributed by atoms with Crippen molar-refractivity contribution in [3.05, 3.63) is 56.4 Å². The van der Waals surface area contributed by atoms with Crippen LogP contribution in [0.25, 0.3) is 5.69 Å². The molecule has 21 heavy (non-hydrogen) atoms. The van der Waals surface area contributed by atoms with Gasteiger partial charge in [0.05, 0.1) is 5.69 Å². The zero-order chi connectivity index (χ0) is 15.9. The van der Waals surface area contributed by atoms with Gasteiger partial charge in [-0.05, 0) is 30.7 Å². The van der Waals surface area contributed by atoms with E-state index in [1.165, 1.54) is 25.1 Å². The van der Waals surface area contributed by atoms with Crippen LogP contribution < -0.4 is 11.2 Å². The fourth-order valence-corrected chi connectivity index (χ4v) is 2.01. The van der Waals surface area contributed by atoms with Crippen molar-refractivity contribution in [1.82, 2.24) is 9.13 Å². The molecule has 8 heteroatoms. The molecule has 1 aromatic carbocycles. The number of phenols is 1. The largest absolute Gasteiger partial charge is 0.508 e. The van der Waals surface area contributed by atoms with E-state index >= 15 is 0 Å². The molecule has 0 saturated heterocycles. The van der Waals surface area contributed by atoms with Gasteiger partial charge in [-0.3, -0.25) is 9.36 Å². The van der Waals surface area contributed by atoms with Crippen LogP contribution in [0.3, 0.4) is 0 Å². The Labute approximate surface area is 116 Å². The molecule has 0 bridgehead atoms. The number of hydrogen-bond donors (Lipinski definition) is 1. The highest BCUT2D eigenvalue weighted by molar-refractivity contribution is 5.44. The predicted molar refractivity (Wildman–Crippen MR) is 68.7 cm³/mol. The molecule has 2 rings (SSSR count). The third kappa shape index (κ3) is 2.56. The summed E-state index contributed by atoms with van der Waals surface area (Å²) in [4.78, 5) is 23.9. The van der Waals surface area contributed by atoms with Crippen LogP contribution in [0.5, 0.6) is 5.75 Å². The second-order valence-electron chi connectivity index (χ2n) is 4.51. The first kappa shape index (κ1) is 14.9. The molecule has 1 aromatic heterocycles. The maximum atomic E-state index is 12.7. The molecule has 0 saturated carbocycles. The van der Waals surface area contributed by atoms with Gasteiger partial charge in [-0.25, -0.2) is 9.36 Å². The lowest BCUT2D eigenvalue weighted by atomic mass is 10.2. The van der Waals surface area contributed by atoms with E-state index in [1.807, 2.05) is 0 Å². The first-order chi connectivity index (χ1) is 9.62. The zero-order valence-electron chi connectivity index (χ0n) is 11.1. The van der Waals surface area contributed by atoms with E-state index in [9.17, 15) is 27.9 Å². The summed E-state index contributed by atoms with van der Waals surface area (Å²) in [7, 11) is 0.941. The molecule has 0 aliphatic carbocycles. The van der Waals surface area contributed by atoms with E-state index in [4.69, 9.17) is 0 Å². The molecule has 0 aliphatic heterocycles. The van der Waals surface area contributed by atoms with Crippen molar-refractivity contribution < 1.29 is 18.3 Å². The highest BCUT2D eigenvalue weighted by Gasteiger charge is 2.35. The van der Waals surface area contributed by atoms with Crippen LogP contribution in [0.2, 0.25) is 0 Å². The molecule has 5 nitrogen and oxygen atoms in total. The smallest absolute Gasteiger partial charge is 0.431 e. The molecule has 0 aliphatic rings. The summed E-state index contributed by atoms with van der Waals surface area (Å²) in [5.74, 6) is -0.0759. The number of nitrogens with zero attached hydrogens (tertiary/aromatic N) is 2. The average molecular weight is 300 g/mol. The molecular weight excluding hydrogens is 289 g/mol. The molecule has 0 fully saturated rings. The van der Waals surface area contributed by atoms with Crippen LogP contribution in [-0.2, 0) is 13.2 Å². The van der Waals surface area contributed by atoms with Gasteiger partial charge in [0, 0.05) is 13.1 Å². The van der Waals surface area contributed by atoms with E-state index in [1.54, 1.807) is 0 Å². The average Bonchev–Trinajstić information content (AvgIpc) is 2.35. The number of rotatable bonds is 1. The van der Waals surface area contributed by atoms with E-state index in [0.717, 1.165) is 7.05 Å². The lowest BCUT2D eigenvalue weighted by Crippen LogP contribution is -2.40. The molecule has 1 heterocycles. The van der Waals surface area contributed by atoms with Gasteiger partial charge in [0.2, 0.25) is 0 Å². The maximum Gasteiger partial charge on any atom is 0.431 e. The Morgan fingerprint density at radius 2 is 1.76 bits per heavy atom. The molecule has 1 N–H and O–H groups in total. The molecule has 0 amide bonds. The van der Waals surface area contributed by atoms with Crippen molar-refractivity contribution in [2.75, 3.05) is 0 Å². The molecule has 0 spiro atoms. The third-order valence-corrected chi connectivity index (χ3v) is 3.03. The van der Waals surface area contributed by atoms with Crippen molar-refractivity contribution >= 4 is 0 Å². The molecular formula is C13H11F3N2O3. The van der Waals surface area contributed by atoms with E-state index in [-0.39, 0.29) is 11.4 Å². The van der Waals surface area contributed by atoms with Gasteiger partial charge in [0.25, 0.3) is 5.56 Å². The summed E-state index contributed by atoms with van der Waals surface area (Å²) in [6, 6.07) is 4.21. The van der Waals surface area contributed by atoms with Gasteiger partial charge < -0.3 is 5.11 Å². The van der Waals surface area contributed by atoms with Gasteiger partial charge in [-0.15, -0.1) is 0 Å². The molecule has 0 unspecified atom stereocenters. The summed E-state index contributed by atoms with van der Waals surface area (Å²) in [6.07, 6.45) is -4.80. The Morgan fingerprint density at radius 3 is 2.29 bits per heavy atom. The Morgan fingerprint density at radius 1 is 1.14 bits per heavy atom. The minimum absolute atomic E-state index is 0.0759. The number of aryl methyl sites for hydroxylation is 1. The van der Waals surface area contributed by atoms with Crippen LogP contribution in [0, 0.1) is 6.92 Å². The molecule has 112 valence electrons. The summed E-state index contributed by atoms with van der Waals surface area (Å²) < 4.78 is 39.2. The number of hydrogen-bond acceptors (Lipinski definition) is 3. The van der Waals surface area contributed by atoms with Crippen molar-refractivity contribution in [2.45, 2.75) is 13.1 Å². The van der Waals surface area contributed by atoms with Crippen LogP contribution in [0.1, 0.15) is 11.3 Å². The highest BCUT2D eigenvalue weighted by atomic mass is 19.4. The Balaban J connectivity index is 2.82. The van der Waals surface area contributed by atoms with E-state index in [2.05, 4.69) is 0 Å². The summed E-state index contributed by atoms with van der Waals surface area (Å²) in [5.41, 5.74) is -3.01. The minimum atomic E-state index is -4.80. The van der Waals surface area contributed by atoms with Gasteiger partial charge in [0.15, 0.2) is 0 Å². The van der Waals surface area contributed by atoms with E-state index < -0.39 is 23.1 Å². The minimum Gasteiger partial charge on any atom is -0.508 e. The Hall–Kier alpha value is -2.51. The number of aromatic hydroxyl groups is 1. The Kier molecular flexibility index (Phi) is 3.40. The van der Waals surface area contributed by atoms with Crippen molar-refractivity contribution in [3.8, 4) is 11.4 Å². The normalized spacial score (nSPS) is 11.7. The van der Waals surface area contributed by atoms with Crippen LogP contribution in [0.15, 0.2) is 33.9 Å². The summed E-state index contributed by atoms with van der Waals surface area (Å²) in [6.45, 7) is 1.53. The molecule has 0 atom stereocenters. The number of alkyl halides is 3. The first-order valence-electron chi connectivity index (χ1n) is 5.83. The van der Waals surface area contributed by atoms with E-state index in [0.29, 0.717) is 20.8 Å². The fraction of sp³-hybridized carbons (Fsp3) is 0.231. The fourth-order valence-electron chi connectivity index (χ4n) is 2.01. The quantitative estimate of drug-likeness (QED) is 0.869. The van der Waals surface area contributed by atoms with Crippen molar-refractivity contribution in [3.63, 3.8) is 0 Å². The molecule has 0 radical (unpaired) electrons. The second-order valence-corrected chi connectivity index (χ2v) is 4.51. The monoisotopic (exact) mass is 300 g/mol. The second kappa shape index (κ2) is 4.80. The lowest BCUT2D eigenvalue weighted by Gasteiger charge is -2.15. The zero-order valence-corrected chi connectivity index (χ0v) is 11.1. The summed E-state index contributed by atoms with van der Waals surface area (Å²) >= 11 is 0. The number of phenolic OH excluding ortho intramolecular Hbond substituents is 1. The molecule has 2 aromatic rings. The lowest BCUT2D eigenvalue weighted by molar-refractivity contribution is -0.144. The van der Waals surface area contributed by atoms with Crippen LogP contribution in [0.4, 0.5) is 13.2 Å². The topological polar surface area (TPSA) is 64.2 Å². The SMILES string of the molecule is Cc1cc(O)ccc1-n1c(=O)cc(C(F)(F)F)n(C)c1=O. The van der Waals surface area contributed by atoms with Crippen LogP contribution in [-0.4, -0.2) is 14.2 Å². The Bertz CT molecular complexity index is 819. The summed E-state index contributed by atoms with van der Waals surface area (Å²) in [5, 5.41) is 9.31. The van der Waals surface area contributed by atoms with Gasteiger partial charge in [0.1, 0.15) is 11.4 Å². The first-order valence-corrected chi connectivity index (χ1v) is 5.83.